The van der Waals surface area contributed by atoms with Crippen molar-refractivity contribution in [2.75, 3.05) is 39.3 Å². The number of benzene rings is 1. The molecule has 2 aromatic rings. The predicted molar refractivity (Wildman–Crippen MR) is 116 cm³/mol. The van der Waals surface area contributed by atoms with Crippen LogP contribution in [0.15, 0.2) is 42.6 Å². The number of pyridine rings is 1. The van der Waals surface area contributed by atoms with Crippen LogP contribution in [0, 0.1) is 6.92 Å². The lowest BCUT2D eigenvalue weighted by molar-refractivity contribution is 0.0947. The standard InChI is InChI=1S/C20H26N4O2.2ClH/c1-16-5-6-19(14-23-16)26-15-17-3-2-4-18(13-17)20(25)22-9-12-24-10-7-21-8-11-24;;/h2-6,13-14,21H,7-12,15H2,1H3,(H,22,25);2*1H. The van der Waals surface area contributed by atoms with Crippen LogP contribution in [0.25, 0.3) is 0 Å². The molecule has 1 amide bonds. The van der Waals surface area contributed by atoms with Crippen LogP contribution in [-0.4, -0.2) is 55.1 Å². The molecule has 0 saturated carbocycles. The number of carbonyl (C=O) groups excluding carboxylic acids is 1. The van der Waals surface area contributed by atoms with Crippen molar-refractivity contribution in [3.8, 4) is 5.75 Å². The minimum absolute atomic E-state index is 0. The molecule has 2 N–H and O–H groups in total. The third-order valence-electron chi connectivity index (χ3n) is 4.40. The summed E-state index contributed by atoms with van der Waals surface area (Å²) in [4.78, 5) is 18.9. The van der Waals surface area contributed by atoms with Crippen molar-refractivity contribution in [2.24, 2.45) is 0 Å². The number of piperazine rings is 1. The molecule has 1 aromatic heterocycles. The lowest BCUT2D eigenvalue weighted by Gasteiger charge is -2.27. The second-order valence-corrected chi connectivity index (χ2v) is 6.47. The third kappa shape index (κ3) is 7.64. The number of hydrogen-bond acceptors (Lipinski definition) is 5. The Bertz CT molecular complexity index is 722. The van der Waals surface area contributed by atoms with Gasteiger partial charge in [-0.25, -0.2) is 0 Å². The molecule has 0 spiro atoms. The van der Waals surface area contributed by atoms with Gasteiger partial charge in [-0.1, -0.05) is 12.1 Å². The van der Waals surface area contributed by atoms with E-state index in [1.807, 2.05) is 43.3 Å². The topological polar surface area (TPSA) is 66.5 Å². The van der Waals surface area contributed by atoms with E-state index in [0.29, 0.717) is 18.7 Å². The molecule has 154 valence electrons. The molecule has 1 aromatic carbocycles. The highest BCUT2D eigenvalue weighted by atomic mass is 35.5. The van der Waals surface area contributed by atoms with E-state index >= 15 is 0 Å². The first kappa shape index (κ1) is 24.2. The number of ether oxygens (including phenoxy) is 1. The summed E-state index contributed by atoms with van der Waals surface area (Å²) in [5.41, 5.74) is 2.57. The first-order chi connectivity index (χ1) is 12.7. The average Bonchev–Trinajstić information content (AvgIpc) is 2.68. The molecule has 0 atom stereocenters. The fraction of sp³-hybridized carbons (Fsp3) is 0.400. The second-order valence-electron chi connectivity index (χ2n) is 6.47. The Labute approximate surface area is 178 Å². The van der Waals surface area contributed by atoms with Gasteiger partial charge in [0.15, 0.2) is 0 Å². The molecule has 1 fully saturated rings. The molecule has 1 saturated heterocycles. The van der Waals surface area contributed by atoms with Crippen molar-refractivity contribution in [3.05, 3.63) is 59.4 Å². The van der Waals surface area contributed by atoms with Gasteiger partial charge in [0.25, 0.3) is 5.91 Å². The highest BCUT2D eigenvalue weighted by Gasteiger charge is 2.10. The minimum atomic E-state index is -0.0426. The van der Waals surface area contributed by atoms with E-state index in [9.17, 15) is 4.79 Å². The summed E-state index contributed by atoms with van der Waals surface area (Å²) in [5.74, 6) is 0.681. The number of nitrogens with one attached hydrogen (secondary N) is 2. The summed E-state index contributed by atoms with van der Waals surface area (Å²) in [6.45, 7) is 8.01. The van der Waals surface area contributed by atoms with Gasteiger partial charge in [0.05, 0.1) is 6.20 Å². The molecular weight excluding hydrogens is 399 g/mol. The molecule has 0 unspecified atom stereocenters. The van der Waals surface area contributed by atoms with Gasteiger partial charge in [-0.05, 0) is 36.8 Å². The van der Waals surface area contributed by atoms with Crippen LogP contribution in [-0.2, 0) is 6.61 Å². The quantitative estimate of drug-likeness (QED) is 0.711. The van der Waals surface area contributed by atoms with Crippen molar-refractivity contribution in [2.45, 2.75) is 13.5 Å². The summed E-state index contributed by atoms with van der Waals surface area (Å²) >= 11 is 0. The zero-order valence-corrected chi connectivity index (χ0v) is 17.7. The fourth-order valence-corrected chi connectivity index (χ4v) is 2.87. The van der Waals surface area contributed by atoms with E-state index in [1.165, 1.54) is 0 Å². The number of halogens is 2. The van der Waals surface area contributed by atoms with Crippen LogP contribution < -0.4 is 15.4 Å². The van der Waals surface area contributed by atoms with Gasteiger partial charge in [0, 0.05) is 50.5 Å². The zero-order chi connectivity index (χ0) is 18.2. The number of hydrogen-bond donors (Lipinski definition) is 2. The molecule has 1 aliphatic rings. The molecule has 6 nitrogen and oxygen atoms in total. The Morgan fingerprint density at radius 3 is 2.71 bits per heavy atom. The summed E-state index contributed by atoms with van der Waals surface area (Å²) in [6, 6.07) is 11.4. The molecular formula is C20H28Cl2N4O2. The van der Waals surface area contributed by atoms with Crippen molar-refractivity contribution in [1.29, 1.82) is 0 Å². The van der Waals surface area contributed by atoms with Crippen molar-refractivity contribution < 1.29 is 9.53 Å². The van der Waals surface area contributed by atoms with Gasteiger partial charge in [-0.2, -0.15) is 0 Å². The molecule has 0 radical (unpaired) electrons. The Morgan fingerprint density at radius 2 is 2.00 bits per heavy atom. The van der Waals surface area contributed by atoms with Gasteiger partial charge in [0.1, 0.15) is 12.4 Å². The third-order valence-corrected chi connectivity index (χ3v) is 4.40. The maximum absolute atomic E-state index is 12.4. The Morgan fingerprint density at radius 1 is 1.21 bits per heavy atom. The second kappa shape index (κ2) is 12.6. The number of amides is 1. The highest BCUT2D eigenvalue weighted by molar-refractivity contribution is 5.94. The van der Waals surface area contributed by atoms with E-state index in [0.717, 1.165) is 49.7 Å². The fourth-order valence-electron chi connectivity index (χ4n) is 2.87. The molecule has 3 rings (SSSR count). The van der Waals surface area contributed by atoms with Crippen molar-refractivity contribution in [3.63, 3.8) is 0 Å². The lowest BCUT2D eigenvalue weighted by Crippen LogP contribution is -2.46. The average molecular weight is 427 g/mol. The first-order valence-corrected chi connectivity index (χ1v) is 9.06. The van der Waals surface area contributed by atoms with Gasteiger partial charge in [-0.15, -0.1) is 24.8 Å². The largest absolute Gasteiger partial charge is 0.487 e. The van der Waals surface area contributed by atoms with Crippen molar-refractivity contribution >= 4 is 30.7 Å². The van der Waals surface area contributed by atoms with E-state index in [1.54, 1.807) is 6.20 Å². The number of aromatic nitrogens is 1. The number of aryl methyl sites for hydroxylation is 1. The number of carbonyl (C=O) groups is 1. The summed E-state index contributed by atoms with van der Waals surface area (Å²) in [7, 11) is 0. The Hall–Kier alpha value is -1.86. The highest BCUT2D eigenvalue weighted by Crippen LogP contribution is 2.13. The Kier molecular flexibility index (Phi) is 10.9. The molecule has 0 bridgehead atoms. The van der Waals surface area contributed by atoms with Gasteiger partial charge in [0.2, 0.25) is 0 Å². The summed E-state index contributed by atoms with van der Waals surface area (Å²) < 4.78 is 5.74. The molecule has 1 aliphatic heterocycles. The Balaban J connectivity index is 0.00000196. The predicted octanol–water partition coefficient (Wildman–Crippen LogP) is 2.45. The van der Waals surface area contributed by atoms with Gasteiger partial charge < -0.3 is 15.4 Å². The molecule has 28 heavy (non-hydrogen) atoms. The summed E-state index contributed by atoms with van der Waals surface area (Å²) in [5, 5.41) is 6.33. The molecule has 2 heterocycles. The summed E-state index contributed by atoms with van der Waals surface area (Å²) in [6.07, 6.45) is 1.71. The zero-order valence-electron chi connectivity index (χ0n) is 16.0. The maximum Gasteiger partial charge on any atom is 0.251 e. The van der Waals surface area contributed by atoms with Crippen LogP contribution in [0.2, 0.25) is 0 Å². The number of nitrogens with zero attached hydrogens (tertiary/aromatic N) is 2. The van der Waals surface area contributed by atoms with Crippen LogP contribution in [0.3, 0.4) is 0 Å². The van der Waals surface area contributed by atoms with E-state index in [-0.39, 0.29) is 30.7 Å². The smallest absolute Gasteiger partial charge is 0.251 e. The van der Waals surface area contributed by atoms with Crippen LogP contribution >= 0.6 is 24.8 Å². The van der Waals surface area contributed by atoms with E-state index in [2.05, 4.69) is 20.5 Å². The lowest BCUT2D eigenvalue weighted by atomic mass is 10.1. The van der Waals surface area contributed by atoms with E-state index in [4.69, 9.17) is 4.74 Å². The van der Waals surface area contributed by atoms with Gasteiger partial charge >= 0.3 is 0 Å². The van der Waals surface area contributed by atoms with Crippen LogP contribution in [0.5, 0.6) is 5.75 Å². The molecule has 8 heteroatoms. The van der Waals surface area contributed by atoms with Crippen LogP contribution in [0.1, 0.15) is 21.6 Å². The SMILES string of the molecule is Cc1ccc(OCc2cccc(C(=O)NCCN3CCNCC3)c2)cn1.Cl.Cl. The maximum atomic E-state index is 12.4. The first-order valence-electron chi connectivity index (χ1n) is 9.06. The number of rotatable bonds is 7. The normalized spacial score (nSPS) is 13.8. The van der Waals surface area contributed by atoms with Crippen molar-refractivity contribution in [1.82, 2.24) is 20.5 Å². The minimum Gasteiger partial charge on any atom is -0.487 e. The molecule has 0 aliphatic carbocycles. The monoisotopic (exact) mass is 426 g/mol. The van der Waals surface area contributed by atoms with E-state index < -0.39 is 0 Å². The van der Waals surface area contributed by atoms with Gasteiger partial charge in [-0.3, -0.25) is 14.7 Å². The van der Waals surface area contributed by atoms with Crippen LogP contribution in [0.4, 0.5) is 0 Å².